The van der Waals surface area contributed by atoms with Gasteiger partial charge >= 0.3 is 0 Å². The molecule has 1 aromatic rings. The lowest BCUT2D eigenvalue weighted by atomic mass is 9.99. The van der Waals surface area contributed by atoms with Gasteiger partial charge in [-0.1, -0.05) is 25.0 Å². The molecule has 1 saturated carbocycles. The molecule has 1 unspecified atom stereocenters. The normalized spacial score (nSPS) is 18.3. The number of halogens is 1. The van der Waals surface area contributed by atoms with E-state index in [0.717, 1.165) is 25.7 Å². The zero-order chi connectivity index (χ0) is 14.6. The van der Waals surface area contributed by atoms with Gasteiger partial charge in [-0.2, -0.15) is 0 Å². The summed E-state index contributed by atoms with van der Waals surface area (Å²) in [7, 11) is -3.50. The zero-order valence-electron chi connectivity index (χ0n) is 11.4. The van der Waals surface area contributed by atoms with Gasteiger partial charge in [0, 0.05) is 12.6 Å². The Morgan fingerprint density at radius 3 is 2.65 bits per heavy atom. The average Bonchev–Trinajstić information content (AvgIpc) is 2.89. The van der Waals surface area contributed by atoms with Crippen molar-refractivity contribution < 1.29 is 12.8 Å². The van der Waals surface area contributed by atoms with Gasteiger partial charge in [0.25, 0.3) is 0 Å². The lowest BCUT2D eigenvalue weighted by Crippen LogP contribution is -2.44. The van der Waals surface area contributed by atoms with Crippen molar-refractivity contribution in [3.63, 3.8) is 0 Å². The molecule has 1 atom stereocenters. The van der Waals surface area contributed by atoms with Gasteiger partial charge in [0.15, 0.2) is 0 Å². The molecule has 1 aliphatic rings. The molecule has 0 aromatic heterocycles. The number of sulfonamides is 1. The van der Waals surface area contributed by atoms with Gasteiger partial charge in [-0.15, -0.1) is 0 Å². The summed E-state index contributed by atoms with van der Waals surface area (Å²) >= 11 is 0. The predicted octanol–water partition coefficient (Wildman–Crippen LogP) is 1.76. The van der Waals surface area contributed by atoms with E-state index in [9.17, 15) is 12.8 Å². The summed E-state index contributed by atoms with van der Waals surface area (Å²) in [6.07, 6.45) is 4.30. The van der Waals surface area contributed by atoms with Gasteiger partial charge in [0.2, 0.25) is 10.0 Å². The molecular weight excluding hydrogens is 279 g/mol. The topological polar surface area (TPSA) is 72.2 Å². The zero-order valence-corrected chi connectivity index (χ0v) is 12.2. The molecular formula is C14H21FN2O2S. The van der Waals surface area contributed by atoms with Gasteiger partial charge in [-0.05, 0) is 36.5 Å². The summed E-state index contributed by atoms with van der Waals surface area (Å²) in [5.41, 5.74) is 6.13. The molecule has 6 heteroatoms. The molecule has 0 spiro atoms. The molecule has 4 nitrogen and oxygen atoms in total. The molecule has 112 valence electrons. The van der Waals surface area contributed by atoms with Gasteiger partial charge in [0.1, 0.15) is 5.82 Å². The molecule has 2 rings (SSSR count). The van der Waals surface area contributed by atoms with Gasteiger partial charge in [-0.25, -0.2) is 17.5 Å². The van der Waals surface area contributed by atoms with Crippen LogP contribution >= 0.6 is 0 Å². The van der Waals surface area contributed by atoms with Crippen LogP contribution in [-0.2, 0) is 15.8 Å². The second-order valence-corrected chi connectivity index (χ2v) is 7.15. The molecule has 0 amide bonds. The lowest BCUT2D eigenvalue weighted by Gasteiger charge is -2.23. The Labute approximate surface area is 119 Å². The van der Waals surface area contributed by atoms with E-state index in [4.69, 9.17) is 5.73 Å². The van der Waals surface area contributed by atoms with Crippen molar-refractivity contribution >= 4 is 10.0 Å². The summed E-state index contributed by atoms with van der Waals surface area (Å²) < 4.78 is 40.1. The number of benzene rings is 1. The molecule has 20 heavy (non-hydrogen) atoms. The molecule has 0 heterocycles. The van der Waals surface area contributed by atoms with Gasteiger partial charge < -0.3 is 5.73 Å². The molecule has 3 N–H and O–H groups in total. The van der Waals surface area contributed by atoms with E-state index >= 15 is 0 Å². The number of nitrogens with one attached hydrogen (secondary N) is 1. The smallest absolute Gasteiger partial charge is 0.216 e. The van der Waals surface area contributed by atoms with Crippen LogP contribution in [0.5, 0.6) is 0 Å². The molecule has 0 radical (unpaired) electrons. The Kier molecular flexibility index (Phi) is 5.12. The Bertz CT molecular complexity index is 542. The second-order valence-electron chi connectivity index (χ2n) is 5.39. The summed E-state index contributed by atoms with van der Waals surface area (Å²) in [5.74, 6) is -0.320. The van der Waals surface area contributed by atoms with Gasteiger partial charge in [-0.3, -0.25) is 0 Å². The number of hydrogen-bond acceptors (Lipinski definition) is 3. The maximum atomic E-state index is 13.1. The van der Waals surface area contributed by atoms with E-state index in [1.165, 1.54) is 18.2 Å². The molecule has 1 aliphatic carbocycles. The summed E-state index contributed by atoms with van der Waals surface area (Å²) in [4.78, 5) is 0. The third-order valence-corrected chi connectivity index (χ3v) is 5.17. The number of nitrogens with two attached hydrogens (primary N) is 1. The quantitative estimate of drug-likeness (QED) is 0.841. The van der Waals surface area contributed by atoms with Crippen LogP contribution in [0.3, 0.4) is 0 Å². The Hall–Kier alpha value is -0.980. The van der Waals surface area contributed by atoms with Crippen molar-refractivity contribution in [2.24, 2.45) is 11.7 Å². The number of rotatable bonds is 6. The number of hydrogen-bond donors (Lipinski definition) is 2. The van der Waals surface area contributed by atoms with Crippen molar-refractivity contribution in [3.05, 3.63) is 35.6 Å². The van der Waals surface area contributed by atoms with Gasteiger partial charge in [0.05, 0.1) is 5.75 Å². The minimum absolute atomic E-state index is 0.212. The fourth-order valence-electron chi connectivity index (χ4n) is 2.82. The van der Waals surface area contributed by atoms with E-state index in [2.05, 4.69) is 4.72 Å². The van der Waals surface area contributed by atoms with Crippen molar-refractivity contribution in [3.8, 4) is 0 Å². The second kappa shape index (κ2) is 6.65. The first-order valence-electron chi connectivity index (χ1n) is 6.95. The highest BCUT2D eigenvalue weighted by atomic mass is 32.2. The highest BCUT2D eigenvalue weighted by molar-refractivity contribution is 7.88. The SMILES string of the molecule is NCC(NS(=O)(=O)Cc1cccc(F)c1)C1CCCC1. The summed E-state index contributed by atoms with van der Waals surface area (Å²) in [5, 5.41) is 0. The van der Waals surface area contributed by atoms with Crippen LogP contribution in [0.15, 0.2) is 24.3 Å². The minimum Gasteiger partial charge on any atom is -0.329 e. The first kappa shape index (κ1) is 15.4. The van der Waals surface area contributed by atoms with Crippen molar-refractivity contribution in [2.75, 3.05) is 6.54 Å². The fourth-order valence-corrected chi connectivity index (χ4v) is 4.27. The van der Waals surface area contributed by atoms with Crippen molar-refractivity contribution in [1.82, 2.24) is 4.72 Å². The molecule has 0 bridgehead atoms. The third-order valence-electron chi connectivity index (χ3n) is 3.80. The van der Waals surface area contributed by atoms with Crippen LogP contribution in [0.4, 0.5) is 4.39 Å². The molecule has 1 fully saturated rings. The first-order chi connectivity index (χ1) is 9.50. The largest absolute Gasteiger partial charge is 0.329 e. The van der Waals surface area contributed by atoms with Crippen molar-refractivity contribution in [2.45, 2.75) is 37.5 Å². The van der Waals surface area contributed by atoms with E-state index in [0.29, 0.717) is 18.0 Å². The highest BCUT2D eigenvalue weighted by Crippen LogP contribution is 2.27. The summed E-state index contributed by atoms with van der Waals surface area (Å²) in [6.45, 7) is 0.299. The maximum Gasteiger partial charge on any atom is 0.216 e. The van der Waals surface area contributed by atoms with E-state index < -0.39 is 15.8 Å². The molecule has 0 saturated heterocycles. The van der Waals surface area contributed by atoms with E-state index in [-0.39, 0.29) is 11.8 Å². The maximum absolute atomic E-state index is 13.1. The Balaban J connectivity index is 2.02. The standard InChI is InChI=1S/C14H21FN2O2S/c15-13-7-3-4-11(8-13)10-20(18,19)17-14(9-16)12-5-1-2-6-12/h3-4,7-8,12,14,17H,1-2,5-6,9-10,16H2. The minimum atomic E-state index is -3.50. The van der Waals surface area contributed by atoms with Crippen LogP contribution < -0.4 is 10.5 Å². The van der Waals surface area contributed by atoms with Crippen LogP contribution in [0.25, 0.3) is 0 Å². The highest BCUT2D eigenvalue weighted by Gasteiger charge is 2.27. The van der Waals surface area contributed by atoms with E-state index in [1.807, 2.05) is 0 Å². The molecule has 1 aromatic carbocycles. The molecule has 0 aliphatic heterocycles. The third kappa shape index (κ3) is 4.26. The van der Waals surface area contributed by atoms with E-state index in [1.54, 1.807) is 6.07 Å². The van der Waals surface area contributed by atoms with Crippen LogP contribution in [0, 0.1) is 11.7 Å². The monoisotopic (exact) mass is 300 g/mol. The Morgan fingerprint density at radius 1 is 1.35 bits per heavy atom. The first-order valence-corrected chi connectivity index (χ1v) is 8.60. The average molecular weight is 300 g/mol. The lowest BCUT2D eigenvalue weighted by molar-refractivity contribution is 0.405. The fraction of sp³-hybridized carbons (Fsp3) is 0.571. The van der Waals surface area contributed by atoms with Crippen LogP contribution in [0.2, 0.25) is 0 Å². The Morgan fingerprint density at radius 2 is 2.05 bits per heavy atom. The van der Waals surface area contributed by atoms with Crippen molar-refractivity contribution in [1.29, 1.82) is 0 Å². The van der Waals surface area contributed by atoms with Crippen LogP contribution in [0.1, 0.15) is 31.2 Å². The summed E-state index contributed by atoms with van der Waals surface area (Å²) in [6, 6.07) is 5.44. The predicted molar refractivity (Wildman–Crippen MR) is 77.0 cm³/mol. The van der Waals surface area contributed by atoms with Crippen LogP contribution in [-0.4, -0.2) is 21.0 Å².